The van der Waals surface area contributed by atoms with Gasteiger partial charge < -0.3 is 14.8 Å². The average molecular weight is 495 g/mol. The lowest BCUT2D eigenvalue weighted by atomic mass is 10.0. The Bertz CT molecular complexity index is 1210. The molecule has 0 aliphatic rings. The van der Waals surface area contributed by atoms with E-state index in [0.717, 1.165) is 25.0 Å². The van der Waals surface area contributed by atoms with E-state index in [0.29, 0.717) is 28.4 Å². The third-order valence-electron chi connectivity index (χ3n) is 4.84. The van der Waals surface area contributed by atoms with Crippen LogP contribution < -0.4 is 14.8 Å². The molecule has 0 aliphatic carbocycles. The van der Waals surface area contributed by atoms with Crippen LogP contribution in [0.2, 0.25) is 5.02 Å². The van der Waals surface area contributed by atoms with E-state index in [4.69, 9.17) is 16.3 Å². The predicted molar refractivity (Wildman–Crippen MR) is 120 cm³/mol. The number of carbonyl (C=O) groups is 1. The lowest BCUT2D eigenvalue weighted by molar-refractivity contribution is -0.274. The highest BCUT2D eigenvalue weighted by Gasteiger charge is 2.32. The molecule has 7 nitrogen and oxygen atoms in total. The van der Waals surface area contributed by atoms with Crippen LogP contribution in [-0.2, 0) is 6.54 Å². The number of ether oxygens (including phenoxy) is 2. The van der Waals surface area contributed by atoms with Crippen LogP contribution in [0, 0.1) is 11.3 Å². The second-order valence-corrected chi connectivity index (χ2v) is 8.23. The van der Waals surface area contributed by atoms with Gasteiger partial charge in [0.25, 0.3) is 5.91 Å². The maximum Gasteiger partial charge on any atom is 0.573 e. The highest BCUT2D eigenvalue weighted by molar-refractivity contribution is 6.31. The fourth-order valence-corrected chi connectivity index (χ4v) is 3.35. The zero-order valence-corrected chi connectivity index (χ0v) is 19.2. The number of fused-ring (bicyclic) bond motifs is 1. The molecule has 34 heavy (non-hydrogen) atoms. The minimum Gasteiger partial charge on any atom is -0.477 e. The lowest BCUT2D eigenvalue weighted by Crippen LogP contribution is -2.48. The van der Waals surface area contributed by atoms with Crippen molar-refractivity contribution < 1.29 is 27.4 Å². The van der Waals surface area contributed by atoms with Gasteiger partial charge in [0.1, 0.15) is 11.3 Å². The van der Waals surface area contributed by atoms with E-state index in [1.54, 1.807) is 18.2 Å². The molecule has 0 radical (unpaired) electrons. The summed E-state index contributed by atoms with van der Waals surface area (Å²) in [5.74, 6) is -0.650. The van der Waals surface area contributed by atoms with Crippen LogP contribution in [0.4, 0.5) is 13.2 Å². The van der Waals surface area contributed by atoms with Gasteiger partial charge in [-0.15, -0.1) is 13.2 Å². The van der Waals surface area contributed by atoms with Crippen molar-refractivity contribution in [3.8, 4) is 17.7 Å². The Morgan fingerprint density at radius 2 is 1.94 bits per heavy atom. The molecule has 1 unspecified atom stereocenters. The number of nitrogens with zero attached hydrogens (tertiary/aromatic N) is 3. The van der Waals surface area contributed by atoms with E-state index >= 15 is 0 Å². The molecule has 0 saturated carbocycles. The molecule has 1 N–H and O–H groups in total. The number of nitrogens with one attached hydrogen (secondary N) is 1. The van der Waals surface area contributed by atoms with Gasteiger partial charge in [0.15, 0.2) is 0 Å². The molecule has 180 valence electrons. The summed E-state index contributed by atoms with van der Waals surface area (Å²) < 4.78 is 48.3. The number of halogens is 4. The number of alkyl halides is 3. The number of hydrogen-bond acceptors (Lipinski definition) is 5. The van der Waals surface area contributed by atoms with Crippen LogP contribution in [0.15, 0.2) is 42.5 Å². The molecule has 1 amide bonds. The Morgan fingerprint density at radius 1 is 1.24 bits per heavy atom. The van der Waals surface area contributed by atoms with Gasteiger partial charge in [-0.1, -0.05) is 24.9 Å². The van der Waals surface area contributed by atoms with Crippen LogP contribution in [0.25, 0.3) is 10.9 Å². The molecule has 2 aromatic carbocycles. The summed E-state index contributed by atoms with van der Waals surface area (Å²) in [6.07, 6.45) is -3.09. The third kappa shape index (κ3) is 6.32. The average Bonchev–Trinajstić information content (AvgIpc) is 3.08. The van der Waals surface area contributed by atoms with Gasteiger partial charge in [0, 0.05) is 10.6 Å². The molecule has 3 aromatic rings. The maximum atomic E-state index is 12.7. The standard InChI is InChI=1S/C23H22ClF3N4O3/c1-3-4-11-33-21-18-10-7-16(24)12-19(18)30-31(21)14-22(2,13-28)29-20(32)15-5-8-17(9-6-15)34-23(25,26)27/h5-10,12H,3-4,11,14H2,1-2H3,(H,29,32). The van der Waals surface area contributed by atoms with E-state index in [1.807, 2.05) is 6.92 Å². The number of amides is 1. The molecule has 11 heteroatoms. The first kappa shape index (κ1) is 25.2. The number of rotatable bonds is 9. The zero-order chi connectivity index (χ0) is 24.9. The summed E-state index contributed by atoms with van der Waals surface area (Å²) in [7, 11) is 0. The first-order chi connectivity index (χ1) is 16.0. The van der Waals surface area contributed by atoms with Crippen LogP contribution in [0.1, 0.15) is 37.0 Å². The van der Waals surface area contributed by atoms with Crippen LogP contribution in [0.3, 0.4) is 0 Å². The van der Waals surface area contributed by atoms with Gasteiger partial charge in [-0.05, 0) is 55.8 Å². The van der Waals surface area contributed by atoms with E-state index in [-0.39, 0.29) is 12.1 Å². The van der Waals surface area contributed by atoms with E-state index in [1.165, 1.54) is 23.7 Å². The minimum atomic E-state index is -4.84. The number of nitriles is 1. The van der Waals surface area contributed by atoms with E-state index in [9.17, 15) is 23.2 Å². The Labute approximate surface area is 199 Å². The number of carbonyl (C=O) groups excluding carboxylic acids is 1. The lowest BCUT2D eigenvalue weighted by Gasteiger charge is -2.24. The van der Waals surface area contributed by atoms with Crippen LogP contribution >= 0.6 is 11.6 Å². The topological polar surface area (TPSA) is 89.2 Å². The van der Waals surface area contributed by atoms with Crippen molar-refractivity contribution in [2.75, 3.05) is 6.61 Å². The van der Waals surface area contributed by atoms with Gasteiger partial charge in [0.05, 0.1) is 30.1 Å². The molecule has 1 heterocycles. The van der Waals surface area contributed by atoms with Gasteiger partial charge >= 0.3 is 6.36 Å². The quantitative estimate of drug-likeness (QED) is 0.398. The minimum absolute atomic E-state index is 0.0434. The van der Waals surface area contributed by atoms with Crippen molar-refractivity contribution in [3.05, 3.63) is 53.1 Å². The van der Waals surface area contributed by atoms with E-state index in [2.05, 4.69) is 21.2 Å². The smallest absolute Gasteiger partial charge is 0.477 e. The Morgan fingerprint density at radius 3 is 2.56 bits per heavy atom. The van der Waals surface area contributed by atoms with Crippen LogP contribution in [-0.4, -0.2) is 34.2 Å². The molecular formula is C23H22ClF3N4O3. The van der Waals surface area contributed by atoms with Gasteiger partial charge in [-0.3, -0.25) is 4.79 Å². The van der Waals surface area contributed by atoms with Crippen molar-refractivity contribution in [1.82, 2.24) is 15.1 Å². The summed E-state index contributed by atoms with van der Waals surface area (Å²) in [5.41, 5.74) is -0.772. The molecule has 0 bridgehead atoms. The van der Waals surface area contributed by atoms with Crippen LogP contribution in [0.5, 0.6) is 11.6 Å². The molecule has 0 saturated heterocycles. The van der Waals surface area contributed by atoms with Crippen molar-refractivity contribution in [1.29, 1.82) is 5.26 Å². The first-order valence-corrected chi connectivity index (χ1v) is 10.8. The first-order valence-electron chi connectivity index (χ1n) is 10.4. The van der Waals surface area contributed by atoms with Gasteiger partial charge in [0.2, 0.25) is 5.88 Å². The number of aromatic nitrogens is 2. The fraction of sp³-hybridized carbons (Fsp3) is 0.348. The second kappa shape index (κ2) is 10.2. The molecule has 0 spiro atoms. The van der Waals surface area contributed by atoms with Crippen molar-refractivity contribution >= 4 is 28.4 Å². The van der Waals surface area contributed by atoms with Crippen molar-refractivity contribution in [3.63, 3.8) is 0 Å². The largest absolute Gasteiger partial charge is 0.573 e. The second-order valence-electron chi connectivity index (χ2n) is 7.80. The summed E-state index contributed by atoms with van der Waals surface area (Å²) >= 11 is 6.08. The molecule has 3 rings (SSSR count). The molecule has 1 atom stereocenters. The molecular weight excluding hydrogens is 473 g/mol. The monoisotopic (exact) mass is 494 g/mol. The van der Waals surface area contributed by atoms with E-state index < -0.39 is 23.6 Å². The predicted octanol–water partition coefficient (Wildman–Crippen LogP) is 5.48. The van der Waals surface area contributed by atoms with Crippen molar-refractivity contribution in [2.45, 2.75) is 45.1 Å². The molecule has 1 aromatic heterocycles. The van der Waals surface area contributed by atoms with Gasteiger partial charge in [-0.25, -0.2) is 4.68 Å². The maximum absolute atomic E-state index is 12.7. The van der Waals surface area contributed by atoms with Crippen molar-refractivity contribution in [2.24, 2.45) is 0 Å². The Hall–Kier alpha value is -3.45. The van der Waals surface area contributed by atoms with Gasteiger partial charge in [-0.2, -0.15) is 10.4 Å². The Kier molecular flexibility index (Phi) is 7.57. The number of unbranched alkanes of at least 4 members (excludes halogenated alkanes) is 1. The molecule has 0 aliphatic heterocycles. The summed E-state index contributed by atoms with van der Waals surface area (Å²) in [5, 5.41) is 18.1. The highest BCUT2D eigenvalue weighted by atomic mass is 35.5. The highest BCUT2D eigenvalue weighted by Crippen LogP contribution is 2.30. The number of hydrogen-bond donors (Lipinski definition) is 1. The SMILES string of the molecule is CCCCOc1c2ccc(Cl)cc2nn1CC(C)(C#N)NC(=O)c1ccc(OC(F)(F)F)cc1. The normalized spacial score (nSPS) is 13.2. The number of benzene rings is 2. The summed E-state index contributed by atoms with van der Waals surface area (Å²) in [6, 6.07) is 11.6. The summed E-state index contributed by atoms with van der Waals surface area (Å²) in [6.45, 7) is 3.95. The molecule has 0 fully saturated rings. The Balaban J connectivity index is 1.82. The third-order valence-corrected chi connectivity index (χ3v) is 5.08. The summed E-state index contributed by atoms with van der Waals surface area (Å²) in [4.78, 5) is 12.7. The fourth-order valence-electron chi connectivity index (χ4n) is 3.19. The zero-order valence-electron chi connectivity index (χ0n) is 18.4.